The highest BCUT2D eigenvalue weighted by molar-refractivity contribution is 6.29. The molecule has 27 heavy (non-hydrogen) atoms. The Morgan fingerprint density at radius 3 is 2.41 bits per heavy atom. The van der Waals surface area contributed by atoms with Crippen LogP contribution in [0.5, 0.6) is 0 Å². The van der Waals surface area contributed by atoms with Gasteiger partial charge in [-0.05, 0) is 38.1 Å². The summed E-state index contributed by atoms with van der Waals surface area (Å²) in [7, 11) is 0. The van der Waals surface area contributed by atoms with Crippen LogP contribution >= 0.6 is 0 Å². The molecule has 1 aliphatic rings. The predicted molar refractivity (Wildman–Crippen MR) is 99.5 cm³/mol. The highest BCUT2D eigenvalue weighted by atomic mass is 19.1. The summed E-state index contributed by atoms with van der Waals surface area (Å²) in [6.07, 6.45) is 1.51. The molecule has 0 aliphatic carbocycles. The highest BCUT2D eigenvalue weighted by Gasteiger charge is 2.43. The lowest BCUT2D eigenvalue weighted by Crippen LogP contribution is -2.59. The van der Waals surface area contributed by atoms with E-state index in [2.05, 4.69) is 10.6 Å². The van der Waals surface area contributed by atoms with Crippen LogP contribution < -0.4 is 15.5 Å². The van der Waals surface area contributed by atoms with Crippen LogP contribution in [0.25, 0.3) is 0 Å². The van der Waals surface area contributed by atoms with Gasteiger partial charge >= 0.3 is 6.03 Å². The number of hydrogen-bond donors (Lipinski definition) is 2. The average Bonchev–Trinajstić information content (AvgIpc) is 2.63. The Morgan fingerprint density at radius 1 is 1.11 bits per heavy atom. The lowest BCUT2D eigenvalue weighted by molar-refractivity contribution is -0.132. The van der Waals surface area contributed by atoms with E-state index in [1.54, 1.807) is 37.3 Å². The van der Waals surface area contributed by atoms with Crippen molar-refractivity contribution in [3.8, 4) is 0 Å². The Hall–Kier alpha value is -3.48. The van der Waals surface area contributed by atoms with E-state index in [4.69, 9.17) is 0 Å². The maximum atomic E-state index is 13.9. The molecule has 0 saturated carbocycles. The summed E-state index contributed by atoms with van der Waals surface area (Å²) in [5.74, 6) is -3.28. The van der Waals surface area contributed by atoms with Gasteiger partial charge in [0.2, 0.25) is 5.91 Å². The summed E-state index contributed by atoms with van der Waals surface area (Å²) in [4.78, 5) is 38.5. The number of rotatable bonds is 4. The Bertz CT molecular complexity index is 938. The molecule has 0 aromatic heterocycles. The van der Waals surface area contributed by atoms with Gasteiger partial charge in [0, 0.05) is 5.70 Å². The van der Waals surface area contributed by atoms with E-state index in [1.165, 1.54) is 24.3 Å². The van der Waals surface area contributed by atoms with Crippen LogP contribution in [0.1, 0.15) is 12.5 Å². The fourth-order valence-corrected chi connectivity index (χ4v) is 2.82. The van der Waals surface area contributed by atoms with Crippen molar-refractivity contribution in [2.45, 2.75) is 13.8 Å². The van der Waals surface area contributed by atoms with Gasteiger partial charge < -0.3 is 5.32 Å². The van der Waals surface area contributed by atoms with Crippen LogP contribution in [0.2, 0.25) is 0 Å². The third-order valence-corrected chi connectivity index (χ3v) is 4.23. The third kappa shape index (κ3) is 3.57. The minimum Gasteiger partial charge on any atom is -0.356 e. The van der Waals surface area contributed by atoms with Gasteiger partial charge in [0.25, 0.3) is 5.91 Å². The Kier molecular flexibility index (Phi) is 5.03. The van der Waals surface area contributed by atoms with E-state index in [9.17, 15) is 18.8 Å². The van der Waals surface area contributed by atoms with Gasteiger partial charge in [-0.25, -0.2) is 14.1 Å². The van der Waals surface area contributed by atoms with Crippen LogP contribution in [0.15, 0.2) is 60.3 Å². The largest absolute Gasteiger partial charge is 0.356 e. The average molecular weight is 367 g/mol. The first-order chi connectivity index (χ1) is 12.9. The third-order valence-electron chi connectivity index (χ3n) is 4.23. The number of benzene rings is 2. The van der Waals surface area contributed by atoms with Crippen LogP contribution in [-0.4, -0.2) is 17.8 Å². The summed E-state index contributed by atoms with van der Waals surface area (Å²) in [5.41, 5.74) is 1.63. The molecular formula is C20H18FN3O3. The smallest absolute Gasteiger partial charge is 0.335 e. The molecule has 1 saturated heterocycles. The minimum atomic E-state index is -1.30. The number of nitrogens with one attached hydrogen (secondary N) is 2. The number of amides is 4. The van der Waals surface area contributed by atoms with Crippen molar-refractivity contribution >= 4 is 29.2 Å². The summed E-state index contributed by atoms with van der Waals surface area (Å²) in [5, 5.41) is 4.98. The van der Waals surface area contributed by atoms with Crippen molar-refractivity contribution in [2.24, 2.45) is 5.92 Å². The van der Waals surface area contributed by atoms with Crippen LogP contribution in [0.3, 0.4) is 0 Å². The van der Waals surface area contributed by atoms with E-state index in [0.29, 0.717) is 5.69 Å². The zero-order valence-electron chi connectivity index (χ0n) is 14.8. The molecule has 1 aliphatic heterocycles. The summed E-state index contributed by atoms with van der Waals surface area (Å²) < 4.78 is 13.9. The number of imide groups is 2. The Morgan fingerprint density at radius 2 is 1.78 bits per heavy atom. The van der Waals surface area contributed by atoms with Gasteiger partial charge in [-0.15, -0.1) is 0 Å². The molecule has 0 spiro atoms. The zero-order valence-corrected chi connectivity index (χ0v) is 14.8. The van der Waals surface area contributed by atoms with Crippen LogP contribution in [-0.2, 0) is 9.59 Å². The van der Waals surface area contributed by atoms with Gasteiger partial charge in [-0.1, -0.05) is 35.9 Å². The molecule has 2 aromatic carbocycles. The molecule has 0 radical (unpaired) electrons. The minimum absolute atomic E-state index is 0.130. The topological polar surface area (TPSA) is 78.5 Å². The molecular weight excluding hydrogens is 349 g/mol. The first kappa shape index (κ1) is 18.3. The molecule has 6 nitrogen and oxygen atoms in total. The van der Waals surface area contributed by atoms with Gasteiger partial charge in [-0.2, -0.15) is 0 Å². The molecule has 1 heterocycles. The number of urea groups is 1. The number of para-hydroxylation sites is 1. The van der Waals surface area contributed by atoms with Crippen molar-refractivity contribution < 1.29 is 18.8 Å². The van der Waals surface area contributed by atoms with E-state index in [-0.39, 0.29) is 11.4 Å². The normalized spacial score (nSPS) is 17.7. The highest BCUT2D eigenvalue weighted by Crippen LogP contribution is 2.26. The number of carbonyl (C=O) groups excluding carboxylic acids is 3. The number of carbonyl (C=O) groups is 3. The standard InChI is InChI=1S/C20H18FN3O3/c1-3-15(22-16-7-5-4-6-14(16)21)17-18(25)23-20(27)24(19(17)26)13-10-8-12(2)9-11-13/h3-11,17,22H,1-2H3,(H,23,25,27)/b15-3-/t17-/m0/s1. The fourth-order valence-electron chi connectivity index (χ4n) is 2.82. The fraction of sp³-hybridized carbons (Fsp3) is 0.150. The maximum Gasteiger partial charge on any atom is 0.335 e. The molecule has 1 fully saturated rings. The van der Waals surface area contributed by atoms with Crippen molar-refractivity contribution in [2.75, 3.05) is 10.2 Å². The molecule has 138 valence electrons. The van der Waals surface area contributed by atoms with Crippen molar-refractivity contribution in [3.05, 3.63) is 71.7 Å². The van der Waals surface area contributed by atoms with E-state index < -0.39 is 29.6 Å². The Labute approximate surface area is 155 Å². The summed E-state index contributed by atoms with van der Waals surface area (Å²) >= 11 is 0. The second-order valence-corrected chi connectivity index (χ2v) is 6.09. The van der Waals surface area contributed by atoms with E-state index >= 15 is 0 Å². The summed E-state index contributed by atoms with van der Waals surface area (Å²) in [6.45, 7) is 3.50. The zero-order chi connectivity index (χ0) is 19.6. The van der Waals surface area contributed by atoms with Crippen molar-refractivity contribution in [3.63, 3.8) is 0 Å². The number of anilines is 2. The van der Waals surface area contributed by atoms with Crippen molar-refractivity contribution in [1.82, 2.24) is 5.32 Å². The molecule has 4 amide bonds. The summed E-state index contributed by atoms with van der Waals surface area (Å²) in [6, 6.07) is 11.9. The van der Waals surface area contributed by atoms with Gasteiger partial charge in [0.05, 0.1) is 11.4 Å². The van der Waals surface area contributed by atoms with Crippen LogP contribution in [0.4, 0.5) is 20.6 Å². The SMILES string of the molecule is C/C=C(\Nc1ccccc1F)[C@H]1C(=O)NC(=O)N(c2ccc(C)cc2)C1=O. The molecule has 2 N–H and O–H groups in total. The van der Waals surface area contributed by atoms with Crippen LogP contribution in [0, 0.1) is 18.7 Å². The Balaban J connectivity index is 1.94. The molecule has 3 rings (SSSR count). The lowest BCUT2D eigenvalue weighted by Gasteiger charge is -2.31. The number of nitrogens with zero attached hydrogens (tertiary/aromatic N) is 1. The van der Waals surface area contributed by atoms with E-state index in [0.717, 1.165) is 10.5 Å². The van der Waals surface area contributed by atoms with E-state index in [1.807, 2.05) is 6.92 Å². The number of barbiturate groups is 1. The monoisotopic (exact) mass is 367 g/mol. The first-order valence-electron chi connectivity index (χ1n) is 8.35. The number of aryl methyl sites for hydroxylation is 1. The molecule has 2 aromatic rings. The first-order valence-corrected chi connectivity index (χ1v) is 8.35. The molecule has 0 bridgehead atoms. The molecule has 7 heteroatoms. The number of hydrogen-bond acceptors (Lipinski definition) is 4. The molecule has 1 atom stereocenters. The van der Waals surface area contributed by atoms with Gasteiger partial charge in [0.15, 0.2) is 5.92 Å². The number of allylic oxidation sites excluding steroid dienone is 1. The van der Waals surface area contributed by atoms with Crippen molar-refractivity contribution in [1.29, 1.82) is 0 Å². The predicted octanol–water partition coefficient (Wildman–Crippen LogP) is 3.35. The molecule has 0 unspecified atom stereocenters. The van der Waals surface area contributed by atoms with Gasteiger partial charge in [-0.3, -0.25) is 14.9 Å². The second kappa shape index (κ2) is 7.41. The quantitative estimate of drug-likeness (QED) is 0.813. The van der Waals surface area contributed by atoms with Gasteiger partial charge in [0.1, 0.15) is 5.82 Å². The maximum absolute atomic E-state index is 13.9. The lowest BCUT2D eigenvalue weighted by atomic mass is 9.99. The number of halogens is 1. The second-order valence-electron chi connectivity index (χ2n) is 6.09.